The minimum Gasteiger partial charge on any atom is -0.355 e. The van der Waals surface area contributed by atoms with Crippen LogP contribution in [0.4, 0.5) is 10.5 Å². The van der Waals surface area contributed by atoms with Crippen LogP contribution < -0.4 is 16.0 Å². The minimum atomic E-state index is -0.896. The van der Waals surface area contributed by atoms with Crippen LogP contribution in [0.3, 0.4) is 0 Å². The first-order valence-electron chi connectivity index (χ1n) is 8.11. The minimum absolute atomic E-state index is 0.147. The highest BCUT2D eigenvalue weighted by Gasteiger charge is 2.56. The van der Waals surface area contributed by atoms with E-state index in [9.17, 15) is 19.2 Å². The number of imide groups is 1. The second-order valence-electron chi connectivity index (χ2n) is 6.50. The van der Waals surface area contributed by atoms with Gasteiger partial charge >= 0.3 is 6.03 Å². The van der Waals surface area contributed by atoms with Crippen molar-refractivity contribution in [3.63, 3.8) is 0 Å². The van der Waals surface area contributed by atoms with E-state index in [0.717, 1.165) is 17.7 Å². The van der Waals surface area contributed by atoms with Crippen LogP contribution >= 0.6 is 0 Å². The van der Waals surface area contributed by atoms with Gasteiger partial charge in [0.1, 0.15) is 12.1 Å². The molecule has 1 aliphatic carbocycles. The van der Waals surface area contributed by atoms with E-state index in [4.69, 9.17) is 0 Å². The first-order valence-corrected chi connectivity index (χ1v) is 8.11. The summed E-state index contributed by atoms with van der Waals surface area (Å²) in [6.45, 7) is 1.37. The van der Waals surface area contributed by atoms with Gasteiger partial charge in [0.25, 0.3) is 11.8 Å². The van der Waals surface area contributed by atoms with E-state index >= 15 is 0 Å². The normalized spacial score (nSPS) is 22.6. The zero-order chi connectivity index (χ0) is 18.2. The summed E-state index contributed by atoms with van der Waals surface area (Å²) in [5, 5.41) is 7.83. The van der Waals surface area contributed by atoms with Crippen molar-refractivity contribution >= 4 is 29.4 Å². The first kappa shape index (κ1) is 16.9. The van der Waals surface area contributed by atoms with Gasteiger partial charge < -0.3 is 16.0 Å². The highest BCUT2D eigenvalue weighted by molar-refractivity contribution is 6.10. The number of carbonyl (C=O) groups excluding carboxylic acids is 4. The van der Waals surface area contributed by atoms with Crippen LogP contribution in [0.5, 0.6) is 0 Å². The van der Waals surface area contributed by atoms with Crippen LogP contribution in [0.25, 0.3) is 0 Å². The van der Waals surface area contributed by atoms with Crippen LogP contribution in [-0.2, 0) is 9.59 Å². The molecule has 1 heterocycles. The lowest BCUT2D eigenvalue weighted by Gasteiger charge is -2.20. The standard InChI is InChI=1S/C17H20N4O4/c1-17(11-5-6-11)15(24)21(16(25)20-17)9-13(22)19-12-7-3-10(4-8-12)14(23)18-2/h3-4,7-8,11H,5-6,9H2,1-2H3,(H,18,23)(H,19,22)(H,20,25)/t17-/m0/s1. The number of hydrogen-bond donors (Lipinski definition) is 3. The van der Waals surface area contributed by atoms with Crippen molar-refractivity contribution in [3.8, 4) is 0 Å². The molecule has 0 radical (unpaired) electrons. The largest absolute Gasteiger partial charge is 0.355 e. The van der Waals surface area contributed by atoms with Gasteiger partial charge in [-0.05, 0) is 49.9 Å². The highest BCUT2D eigenvalue weighted by atomic mass is 16.2. The molecule has 0 bridgehead atoms. The van der Waals surface area contributed by atoms with Crippen molar-refractivity contribution in [1.29, 1.82) is 0 Å². The molecule has 2 fully saturated rings. The van der Waals surface area contributed by atoms with E-state index in [2.05, 4.69) is 16.0 Å². The predicted molar refractivity (Wildman–Crippen MR) is 89.8 cm³/mol. The van der Waals surface area contributed by atoms with Gasteiger partial charge in [0, 0.05) is 18.3 Å². The molecule has 8 heteroatoms. The Kier molecular flexibility index (Phi) is 4.20. The van der Waals surface area contributed by atoms with Gasteiger partial charge in [0.2, 0.25) is 5.91 Å². The number of urea groups is 1. The Morgan fingerprint density at radius 1 is 1.24 bits per heavy atom. The molecule has 0 unspecified atom stereocenters. The Bertz CT molecular complexity index is 742. The number of rotatable bonds is 5. The molecule has 1 aromatic rings. The van der Waals surface area contributed by atoms with Gasteiger partial charge in [0.15, 0.2) is 0 Å². The average molecular weight is 344 g/mol. The van der Waals surface area contributed by atoms with E-state index in [1.807, 2.05) is 0 Å². The molecule has 5 amide bonds. The molecule has 1 aromatic carbocycles. The number of benzene rings is 1. The summed E-state index contributed by atoms with van der Waals surface area (Å²) in [6, 6.07) is 5.79. The molecular formula is C17H20N4O4. The SMILES string of the molecule is CNC(=O)c1ccc(NC(=O)CN2C(=O)N[C@@](C)(C3CC3)C2=O)cc1. The van der Waals surface area contributed by atoms with Crippen molar-refractivity contribution < 1.29 is 19.2 Å². The van der Waals surface area contributed by atoms with Crippen molar-refractivity contribution in [2.45, 2.75) is 25.3 Å². The fourth-order valence-electron chi connectivity index (χ4n) is 2.99. The maximum Gasteiger partial charge on any atom is 0.325 e. The maximum absolute atomic E-state index is 12.5. The molecule has 3 N–H and O–H groups in total. The second kappa shape index (κ2) is 6.19. The summed E-state index contributed by atoms with van der Waals surface area (Å²) >= 11 is 0. The first-order chi connectivity index (χ1) is 11.8. The lowest BCUT2D eigenvalue weighted by Crippen LogP contribution is -2.46. The maximum atomic E-state index is 12.5. The Balaban J connectivity index is 1.62. The summed E-state index contributed by atoms with van der Waals surface area (Å²) in [7, 11) is 1.53. The molecule has 3 rings (SSSR count). The Labute approximate surface area is 144 Å². The lowest BCUT2D eigenvalue weighted by molar-refractivity contribution is -0.134. The number of carbonyl (C=O) groups is 4. The smallest absolute Gasteiger partial charge is 0.325 e. The van der Waals surface area contributed by atoms with Gasteiger partial charge in [-0.1, -0.05) is 0 Å². The van der Waals surface area contributed by atoms with Crippen molar-refractivity contribution in [3.05, 3.63) is 29.8 Å². The van der Waals surface area contributed by atoms with E-state index < -0.39 is 17.5 Å². The Morgan fingerprint density at radius 2 is 1.88 bits per heavy atom. The van der Waals surface area contributed by atoms with Crippen LogP contribution in [0.1, 0.15) is 30.1 Å². The fourth-order valence-corrected chi connectivity index (χ4v) is 2.99. The molecule has 1 aliphatic heterocycles. The number of hydrogen-bond acceptors (Lipinski definition) is 4. The average Bonchev–Trinajstić information content (AvgIpc) is 3.41. The van der Waals surface area contributed by atoms with Gasteiger partial charge in [-0.2, -0.15) is 0 Å². The quantitative estimate of drug-likeness (QED) is 0.684. The van der Waals surface area contributed by atoms with E-state index in [1.54, 1.807) is 31.2 Å². The molecule has 8 nitrogen and oxygen atoms in total. The van der Waals surface area contributed by atoms with Crippen LogP contribution in [0, 0.1) is 5.92 Å². The van der Waals surface area contributed by atoms with Crippen molar-refractivity contribution in [1.82, 2.24) is 15.5 Å². The number of amides is 5. The zero-order valence-corrected chi connectivity index (χ0v) is 14.1. The van der Waals surface area contributed by atoms with E-state index in [0.29, 0.717) is 11.3 Å². The molecule has 0 spiro atoms. The molecule has 1 atom stereocenters. The third-order valence-electron chi connectivity index (χ3n) is 4.65. The molecule has 0 aromatic heterocycles. The molecular weight excluding hydrogens is 324 g/mol. The summed E-state index contributed by atoms with van der Waals surface area (Å²) < 4.78 is 0. The monoisotopic (exact) mass is 344 g/mol. The summed E-state index contributed by atoms with van der Waals surface area (Å²) in [4.78, 5) is 49.1. The number of nitrogens with one attached hydrogen (secondary N) is 3. The van der Waals surface area contributed by atoms with Gasteiger partial charge in [-0.3, -0.25) is 19.3 Å². The third-order valence-corrected chi connectivity index (χ3v) is 4.65. The second-order valence-corrected chi connectivity index (χ2v) is 6.50. The molecule has 2 aliphatic rings. The van der Waals surface area contributed by atoms with Gasteiger partial charge in [0.05, 0.1) is 0 Å². The molecule has 1 saturated heterocycles. The summed E-state index contributed by atoms with van der Waals surface area (Å²) in [6.07, 6.45) is 1.81. The predicted octanol–water partition coefficient (Wildman–Crippen LogP) is 0.705. The van der Waals surface area contributed by atoms with Gasteiger partial charge in [-0.15, -0.1) is 0 Å². The molecule has 132 valence electrons. The number of nitrogens with zero attached hydrogens (tertiary/aromatic N) is 1. The number of anilines is 1. The van der Waals surface area contributed by atoms with Crippen LogP contribution in [-0.4, -0.2) is 47.8 Å². The van der Waals surface area contributed by atoms with Crippen molar-refractivity contribution in [2.24, 2.45) is 5.92 Å². The van der Waals surface area contributed by atoms with Crippen LogP contribution in [0.15, 0.2) is 24.3 Å². The molecule has 1 saturated carbocycles. The van der Waals surface area contributed by atoms with Gasteiger partial charge in [-0.25, -0.2) is 4.79 Å². The third kappa shape index (κ3) is 3.19. The van der Waals surface area contributed by atoms with E-state index in [1.165, 1.54) is 7.05 Å². The fraction of sp³-hybridized carbons (Fsp3) is 0.412. The zero-order valence-electron chi connectivity index (χ0n) is 14.1. The Hall–Kier alpha value is -2.90. The summed E-state index contributed by atoms with van der Waals surface area (Å²) in [5.41, 5.74) is 0.0523. The van der Waals surface area contributed by atoms with E-state index in [-0.39, 0.29) is 24.3 Å². The van der Waals surface area contributed by atoms with Crippen LogP contribution in [0.2, 0.25) is 0 Å². The topological polar surface area (TPSA) is 108 Å². The highest BCUT2D eigenvalue weighted by Crippen LogP contribution is 2.42. The molecule has 25 heavy (non-hydrogen) atoms. The Morgan fingerprint density at radius 3 is 2.44 bits per heavy atom. The summed E-state index contributed by atoms with van der Waals surface area (Å²) in [5.74, 6) is -0.910. The van der Waals surface area contributed by atoms with Crippen molar-refractivity contribution in [2.75, 3.05) is 18.9 Å². The lowest BCUT2D eigenvalue weighted by atomic mass is 9.96.